The Morgan fingerprint density at radius 1 is 0.963 bits per heavy atom. The first-order valence-corrected chi connectivity index (χ1v) is 8.41. The molecule has 27 heavy (non-hydrogen) atoms. The van der Waals surface area contributed by atoms with Crippen molar-refractivity contribution in [1.82, 2.24) is 0 Å². The Bertz CT molecular complexity index is 1030. The highest BCUT2D eigenvalue weighted by molar-refractivity contribution is 9.10. The van der Waals surface area contributed by atoms with Gasteiger partial charge in [-0.1, -0.05) is 27.8 Å². The van der Waals surface area contributed by atoms with E-state index in [0.29, 0.717) is 10.0 Å². The molecule has 0 spiro atoms. The predicted octanol–water partition coefficient (Wildman–Crippen LogP) is 5.45. The van der Waals surface area contributed by atoms with Gasteiger partial charge in [-0.2, -0.15) is 23.7 Å². The van der Waals surface area contributed by atoms with Crippen molar-refractivity contribution in [3.05, 3.63) is 67.9 Å². The molecule has 0 fully saturated rings. The van der Waals surface area contributed by atoms with Crippen molar-refractivity contribution in [3.8, 4) is 24.0 Å². The Hall–Kier alpha value is -2.82. The molecule has 0 bridgehead atoms. The second-order valence-corrected chi connectivity index (χ2v) is 6.54. The minimum absolute atomic E-state index is 0.0159. The van der Waals surface area contributed by atoms with E-state index in [1.54, 1.807) is 0 Å². The van der Waals surface area contributed by atoms with Gasteiger partial charge < -0.3 is 0 Å². The van der Waals surface area contributed by atoms with Gasteiger partial charge in [-0.05, 0) is 36.8 Å². The lowest BCUT2D eigenvalue weighted by Gasteiger charge is -2.09. The van der Waals surface area contributed by atoms with Crippen molar-refractivity contribution >= 4 is 15.9 Å². The molecule has 2 aromatic rings. The minimum Gasteiger partial charge on any atom is -0.206 e. The summed E-state index contributed by atoms with van der Waals surface area (Å²) in [6.07, 6.45) is -4.96. The molecular weight excluding hydrogens is 424 g/mol. The minimum atomic E-state index is -4.50. The van der Waals surface area contributed by atoms with E-state index in [9.17, 15) is 17.6 Å². The van der Waals surface area contributed by atoms with Gasteiger partial charge >= 0.3 is 6.18 Å². The molecule has 0 saturated heterocycles. The van der Waals surface area contributed by atoms with E-state index in [-0.39, 0.29) is 35.1 Å². The van der Waals surface area contributed by atoms with Crippen LogP contribution >= 0.6 is 15.9 Å². The molecule has 0 radical (unpaired) electrons. The third kappa shape index (κ3) is 4.88. The van der Waals surface area contributed by atoms with Crippen molar-refractivity contribution in [1.29, 1.82) is 10.5 Å². The zero-order valence-corrected chi connectivity index (χ0v) is 15.6. The molecule has 0 amide bonds. The number of hydrogen-bond donors (Lipinski definition) is 0. The van der Waals surface area contributed by atoms with Crippen molar-refractivity contribution < 1.29 is 17.6 Å². The highest BCUT2D eigenvalue weighted by atomic mass is 79.9. The molecule has 0 aliphatic heterocycles. The smallest absolute Gasteiger partial charge is 0.206 e. The van der Waals surface area contributed by atoms with Crippen LogP contribution in [0, 0.1) is 47.2 Å². The molecule has 0 aromatic heterocycles. The molecule has 0 aliphatic carbocycles. The van der Waals surface area contributed by atoms with E-state index >= 15 is 0 Å². The first-order valence-electron chi connectivity index (χ1n) is 7.62. The van der Waals surface area contributed by atoms with Crippen LogP contribution in [0.25, 0.3) is 0 Å². The Balaban J connectivity index is 2.59. The van der Waals surface area contributed by atoms with Gasteiger partial charge in [0.05, 0.1) is 30.5 Å². The summed E-state index contributed by atoms with van der Waals surface area (Å²) in [6.45, 7) is 1.52. The van der Waals surface area contributed by atoms with Gasteiger partial charge in [0.25, 0.3) is 0 Å². The number of nitrogens with zero attached hydrogens (tertiary/aromatic N) is 2. The summed E-state index contributed by atoms with van der Waals surface area (Å²) in [7, 11) is 0. The molecule has 0 aliphatic rings. The highest BCUT2D eigenvalue weighted by Crippen LogP contribution is 2.31. The summed E-state index contributed by atoms with van der Waals surface area (Å²) in [5, 5.41) is 17.7. The third-order valence-electron chi connectivity index (χ3n) is 3.67. The van der Waals surface area contributed by atoms with Gasteiger partial charge in [0.1, 0.15) is 5.82 Å². The van der Waals surface area contributed by atoms with Crippen LogP contribution in [-0.2, 0) is 19.0 Å². The van der Waals surface area contributed by atoms with Crippen LogP contribution in [0.5, 0.6) is 0 Å². The Morgan fingerprint density at radius 3 is 2.19 bits per heavy atom. The molecule has 0 N–H and O–H groups in total. The molecule has 0 heterocycles. The fourth-order valence-corrected chi connectivity index (χ4v) is 3.01. The molecule has 0 unspecified atom stereocenters. The van der Waals surface area contributed by atoms with Crippen LogP contribution in [0.3, 0.4) is 0 Å². The van der Waals surface area contributed by atoms with Gasteiger partial charge in [0.15, 0.2) is 0 Å². The van der Waals surface area contributed by atoms with Crippen molar-refractivity contribution in [2.24, 2.45) is 0 Å². The van der Waals surface area contributed by atoms with Crippen LogP contribution < -0.4 is 0 Å². The van der Waals surface area contributed by atoms with E-state index < -0.39 is 17.6 Å². The molecule has 0 saturated carbocycles. The molecular formula is C20H11BrF4N2. The summed E-state index contributed by atoms with van der Waals surface area (Å²) in [5.41, 5.74) is 0.00906. The fraction of sp³-hybridized carbons (Fsp3) is 0.200. The molecule has 7 heteroatoms. The summed E-state index contributed by atoms with van der Waals surface area (Å²) >= 11 is 3.17. The molecule has 2 aromatic carbocycles. The zero-order valence-electron chi connectivity index (χ0n) is 14.0. The van der Waals surface area contributed by atoms with Gasteiger partial charge in [-0.25, -0.2) is 4.39 Å². The van der Waals surface area contributed by atoms with Crippen LogP contribution in [0.15, 0.2) is 28.7 Å². The maximum absolute atomic E-state index is 14.6. The van der Waals surface area contributed by atoms with Crippen LogP contribution in [-0.4, -0.2) is 0 Å². The van der Waals surface area contributed by atoms with Gasteiger partial charge in [0, 0.05) is 26.7 Å². The number of rotatable bonds is 2. The standard InChI is InChI=1S/C20H11BrF4N2/c1-12-8-13(10-15(9-12)20(23,24)25)2-3-14-11-18(21)17(5-7-27)19(22)16(14)4-6-26/h8-11H,4-5H2,1H3. The van der Waals surface area contributed by atoms with Crippen molar-refractivity contribution in [3.63, 3.8) is 0 Å². The number of aryl methyl sites for hydroxylation is 1. The SMILES string of the molecule is Cc1cc(C#Cc2cc(Br)c(CC#N)c(F)c2CC#N)cc(C(F)(F)F)c1. The highest BCUT2D eigenvalue weighted by Gasteiger charge is 2.30. The summed E-state index contributed by atoms with van der Waals surface area (Å²) < 4.78 is 53.7. The maximum atomic E-state index is 14.6. The predicted molar refractivity (Wildman–Crippen MR) is 94.9 cm³/mol. The van der Waals surface area contributed by atoms with Gasteiger partial charge in [-0.15, -0.1) is 0 Å². The number of hydrogen-bond acceptors (Lipinski definition) is 2. The topological polar surface area (TPSA) is 47.6 Å². The van der Waals surface area contributed by atoms with Crippen LogP contribution in [0.2, 0.25) is 0 Å². The summed E-state index contributed by atoms with van der Waals surface area (Å²) in [5.74, 6) is 4.55. The van der Waals surface area contributed by atoms with Gasteiger partial charge in [0.2, 0.25) is 0 Å². The third-order valence-corrected chi connectivity index (χ3v) is 4.38. The summed E-state index contributed by atoms with van der Waals surface area (Å²) in [6, 6.07) is 8.56. The molecule has 136 valence electrons. The zero-order chi connectivity index (χ0) is 20.2. The largest absolute Gasteiger partial charge is 0.416 e. The second kappa shape index (κ2) is 8.25. The molecule has 0 atom stereocenters. The van der Waals surface area contributed by atoms with Crippen molar-refractivity contribution in [2.45, 2.75) is 25.9 Å². The van der Waals surface area contributed by atoms with E-state index in [4.69, 9.17) is 10.5 Å². The average molecular weight is 435 g/mol. The van der Waals surface area contributed by atoms with Crippen molar-refractivity contribution in [2.75, 3.05) is 0 Å². The van der Waals surface area contributed by atoms with E-state index in [1.165, 1.54) is 19.1 Å². The average Bonchev–Trinajstić information content (AvgIpc) is 2.58. The molecule has 2 nitrogen and oxygen atoms in total. The number of nitriles is 2. The lowest BCUT2D eigenvalue weighted by atomic mass is 9.99. The number of halogens is 5. The Kier molecular flexibility index (Phi) is 6.26. The first-order chi connectivity index (χ1) is 12.7. The summed E-state index contributed by atoms with van der Waals surface area (Å²) in [4.78, 5) is 0. The first kappa shape index (κ1) is 20.5. The van der Waals surface area contributed by atoms with E-state index in [2.05, 4.69) is 27.8 Å². The second-order valence-electron chi connectivity index (χ2n) is 5.68. The fourth-order valence-electron chi connectivity index (χ4n) is 2.47. The van der Waals surface area contributed by atoms with E-state index in [1.807, 2.05) is 12.1 Å². The lowest BCUT2D eigenvalue weighted by Crippen LogP contribution is -2.05. The Labute approximate surface area is 162 Å². The Morgan fingerprint density at radius 2 is 1.59 bits per heavy atom. The number of benzene rings is 2. The quantitative estimate of drug-likeness (QED) is 0.466. The molecule has 2 rings (SSSR count). The number of alkyl halides is 3. The van der Waals surface area contributed by atoms with Gasteiger partial charge in [-0.3, -0.25) is 0 Å². The maximum Gasteiger partial charge on any atom is 0.416 e. The van der Waals surface area contributed by atoms with Crippen LogP contribution in [0.1, 0.15) is 33.4 Å². The monoisotopic (exact) mass is 434 g/mol. The van der Waals surface area contributed by atoms with Crippen LogP contribution in [0.4, 0.5) is 17.6 Å². The van der Waals surface area contributed by atoms with E-state index in [0.717, 1.165) is 12.1 Å². The normalized spacial score (nSPS) is 10.5. The lowest BCUT2D eigenvalue weighted by molar-refractivity contribution is -0.137.